The summed E-state index contributed by atoms with van der Waals surface area (Å²) in [4.78, 5) is 0. The zero-order valence-corrected chi connectivity index (χ0v) is 11.4. The van der Waals surface area contributed by atoms with Crippen LogP contribution in [0.25, 0.3) is 0 Å². The molecule has 102 valence electrons. The van der Waals surface area contributed by atoms with Crippen molar-refractivity contribution in [1.29, 1.82) is 0 Å². The van der Waals surface area contributed by atoms with Crippen molar-refractivity contribution < 1.29 is 14.6 Å². The monoisotopic (exact) mass is 253 g/mol. The Balaban J connectivity index is 2.69. The molecule has 0 heterocycles. The molecule has 0 spiro atoms. The topological polar surface area (TPSA) is 50.7 Å². The van der Waals surface area contributed by atoms with Crippen molar-refractivity contribution in [2.75, 3.05) is 27.8 Å². The van der Waals surface area contributed by atoms with E-state index in [-0.39, 0.29) is 0 Å². The summed E-state index contributed by atoms with van der Waals surface area (Å²) >= 11 is 0. The van der Waals surface area contributed by atoms with E-state index in [1.165, 1.54) is 0 Å². The molecular formula is C14H23NO3. The first-order valence-electron chi connectivity index (χ1n) is 6.28. The normalized spacial score (nSPS) is 12.2. The minimum atomic E-state index is -0.507. The van der Waals surface area contributed by atoms with Crippen LogP contribution in [0.4, 0.5) is 0 Å². The van der Waals surface area contributed by atoms with E-state index in [0.29, 0.717) is 11.5 Å². The lowest BCUT2D eigenvalue weighted by Crippen LogP contribution is -2.08. The molecule has 1 atom stereocenters. The van der Waals surface area contributed by atoms with Crippen molar-refractivity contribution in [1.82, 2.24) is 5.32 Å². The quantitative estimate of drug-likeness (QED) is 0.697. The van der Waals surface area contributed by atoms with E-state index in [2.05, 4.69) is 5.32 Å². The Morgan fingerprint density at radius 1 is 1.22 bits per heavy atom. The Morgan fingerprint density at radius 2 is 2.00 bits per heavy atom. The number of aliphatic hydroxyl groups excluding tert-OH is 1. The summed E-state index contributed by atoms with van der Waals surface area (Å²) in [6, 6.07) is 5.58. The van der Waals surface area contributed by atoms with Crippen molar-refractivity contribution >= 4 is 0 Å². The van der Waals surface area contributed by atoms with Gasteiger partial charge in [0.2, 0.25) is 0 Å². The lowest BCUT2D eigenvalue weighted by atomic mass is 10.0. The van der Waals surface area contributed by atoms with Gasteiger partial charge in [-0.15, -0.1) is 0 Å². The van der Waals surface area contributed by atoms with Gasteiger partial charge >= 0.3 is 0 Å². The van der Waals surface area contributed by atoms with E-state index in [1.54, 1.807) is 14.2 Å². The molecular weight excluding hydrogens is 230 g/mol. The van der Waals surface area contributed by atoms with Crippen LogP contribution in [0.2, 0.25) is 0 Å². The summed E-state index contributed by atoms with van der Waals surface area (Å²) in [5.74, 6) is 1.28. The van der Waals surface area contributed by atoms with Crippen LogP contribution in [-0.2, 0) is 0 Å². The molecule has 1 rings (SSSR count). The molecule has 0 fully saturated rings. The average molecular weight is 253 g/mol. The van der Waals surface area contributed by atoms with E-state index in [1.807, 2.05) is 25.2 Å². The Bertz CT molecular complexity index is 355. The largest absolute Gasteiger partial charge is 0.493 e. The van der Waals surface area contributed by atoms with Crippen LogP contribution >= 0.6 is 0 Å². The molecule has 4 heteroatoms. The summed E-state index contributed by atoms with van der Waals surface area (Å²) in [7, 11) is 5.12. The van der Waals surface area contributed by atoms with Gasteiger partial charge in [0, 0.05) is 5.56 Å². The molecule has 1 aromatic carbocycles. The fraction of sp³-hybridized carbons (Fsp3) is 0.571. The first-order chi connectivity index (χ1) is 8.74. The fourth-order valence-electron chi connectivity index (χ4n) is 1.97. The highest BCUT2D eigenvalue weighted by Gasteiger charge is 2.16. The van der Waals surface area contributed by atoms with Gasteiger partial charge in [-0.3, -0.25) is 0 Å². The summed E-state index contributed by atoms with van der Waals surface area (Å²) in [5.41, 5.74) is 0.793. The molecule has 0 saturated heterocycles. The number of hydrogen-bond acceptors (Lipinski definition) is 4. The first-order valence-corrected chi connectivity index (χ1v) is 6.28. The van der Waals surface area contributed by atoms with Crippen molar-refractivity contribution in [2.45, 2.75) is 25.4 Å². The third kappa shape index (κ3) is 3.89. The minimum absolute atomic E-state index is 0.507. The van der Waals surface area contributed by atoms with Crippen molar-refractivity contribution in [3.63, 3.8) is 0 Å². The zero-order chi connectivity index (χ0) is 13.4. The van der Waals surface area contributed by atoms with Crippen LogP contribution < -0.4 is 14.8 Å². The van der Waals surface area contributed by atoms with Gasteiger partial charge in [0.1, 0.15) is 0 Å². The lowest BCUT2D eigenvalue weighted by molar-refractivity contribution is 0.159. The molecule has 0 saturated carbocycles. The Kier molecular flexibility index (Phi) is 6.54. The molecule has 0 radical (unpaired) electrons. The molecule has 0 aliphatic heterocycles. The van der Waals surface area contributed by atoms with Gasteiger partial charge in [0.05, 0.1) is 20.3 Å². The maximum absolute atomic E-state index is 10.2. The molecule has 2 N–H and O–H groups in total. The maximum atomic E-state index is 10.2. The number of unbranched alkanes of at least 4 members (excludes halogenated alkanes) is 1. The van der Waals surface area contributed by atoms with Gasteiger partial charge in [0.15, 0.2) is 11.5 Å². The molecule has 0 bridgehead atoms. The summed E-state index contributed by atoms with van der Waals surface area (Å²) in [6.45, 7) is 0.974. The molecule has 1 aromatic rings. The number of aliphatic hydroxyl groups is 1. The van der Waals surface area contributed by atoms with Gasteiger partial charge in [-0.05, 0) is 38.9 Å². The number of methoxy groups -OCH3 is 2. The Labute approximate surface area is 109 Å². The standard InChI is InChI=1S/C14H23NO3/c1-15-10-5-4-8-12(16)11-7-6-9-13(17-2)14(11)18-3/h6-7,9,12,15-16H,4-5,8,10H2,1-3H3/t12-/m1/s1. The smallest absolute Gasteiger partial charge is 0.166 e. The van der Waals surface area contributed by atoms with E-state index < -0.39 is 6.10 Å². The van der Waals surface area contributed by atoms with Crippen molar-refractivity contribution in [3.8, 4) is 11.5 Å². The third-order valence-corrected chi connectivity index (χ3v) is 2.95. The predicted octanol–water partition coefficient (Wildman–Crippen LogP) is 2.13. The first kappa shape index (κ1) is 14.8. The van der Waals surface area contributed by atoms with E-state index in [9.17, 15) is 5.11 Å². The fourth-order valence-corrected chi connectivity index (χ4v) is 1.97. The highest BCUT2D eigenvalue weighted by atomic mass is 16.5. The molecule has 0 unspecified atom stereocenters. The molecule has 0 amide bonds. The molecule has 0 aromatic heterocycles. The second-order valence-corrected chi connectivity index (χ2v) is 4.20. The number of para-hydroxylation sites is 1. The highest BCUT2D eigenvalue weighted by molar-refractivity contribution is 5.47. The lowest BCUT2D eigenvalue weighted by Gasteiger charge is -2.17. The molecule has 18 heavy (non-hydrogen) atoms. The van der Waals surface area contributed by atoms with Crippen LogP contribution in [0, 0.1) is 0 Å². The second kappa shape index (κ2) is 7.95. The second-order valence-electron chi connectivity index (χ2n) is 4.20. The Hall–Kier alpha value is -1.26. The number of ether oxygens (including phenoxy) is 2. The zero-order valence-electron chi connectivity index (χ0n) is 11.4. The summed E-state index contributed by atoms with van der Waals surface area (Å²) in [5, 5.41) is 13.3. The third-order valence-electron chi connectivity index (χ3n) is 2.95. The van der Waals surface area contributed by atoms with E-state index in [0.717, 1.165) is 31.4 Å². The van der Waals surface area contributed by atoms with Gasteiger partial charge in [0.25, 0.3) is 0 Å². The number of nitrogens with one attached hydrogen (secondary N) is 1. The molecule has 4 nitrogen and oxygen atoms in total. The summed E-state index contributed by atoms with van der Waals surface area (Å²) < 4.78 is 10.5. The van der Waals surface area contributed by atoms with Gasteiger partial charge in [-0.2, -0.15) is 0 Å². The van der Waals surface area contributed by atoms with Crippen LogP contribution in [0.5, 0.6) is 11.5 Å². The predicted molar refractivity (Wildman–Crippen MR) is 72.3 cm³/mol. The van der Waals surface area contributed by atoms with Crippen molar-refractivity contribution in [2.24, 2.45) is 0 Å². The summed E-state index contributed by atoms with van der Waals surface area (Å²) in [6.07, 6.45) is 2.25. The van der Waals surface area contributed by atoms with Gasteiger partial charge in [-0.25, -0.2) is 0 Å². The molecule has 0 aliphatic rings. The number of benzene rings is 1. The Morgan fingerprint density at radius 3 is 2.61 bits per heavy atom. The van der Waals surface area contributed by atoms with Crippen LogP contribution in [0.15, 0.2) is 18.2 Å². The SMILES string of the molecule is CNCCCC[C@@H](O)c1cccc(OC)c1OC. The van der Waals surface area contributed by atoms with Crippen LogP contribution in [-0.4, -0.2) is 32.9 Å². The van der Waals surface area contributed by atoms with Crippen LogP contribution in [0.1, 0.15) is 30.9 Å². The highest BCUT2D eigenvalue weighted by Crippen LogP contribution is 2.36. The van der Waals surface area contributed by atoms with E-state index >= 15 is 0 Å². The number of rotatable bonds is 8. The maximum Gasteiger partial charge on any atom is 0.166 e. The van der Waals surface area contributed by atoms with E-state index in [4.69, 9.17) is 9.47 Å². The average Bonchev–Trinajstić information content (AvgIpc) is 2.42. The van der Waals surface area contributed by atoms with Crippen molar-refractivity contribution in [3.05, 3.63) is 23.8 Å². The van der Waals surface area contributed by atoms with Gasteiger partial charge < -0.3 is 19.9 Å². The van der Waals surface area contributed by atoms with Crippen LogP contribution in [0.3, 0.4) is 0 Å². The molecule has 0 aliphatic carbocycles. The minimum Gasteiger partial charge on any atom is -0.493 e. The number of hydrogen-bond donors (Lipinski definition) is 2. The van der Waals surface area contributed by atoms with Gasteiger partial charge in [-0.1, -0.05) is 12.1 Å².